The second-order valence-corrected chi connectivity index (χ2v) is 8.64. The van der Waals surface area contributed by atoms with Crippen molar-refractivity contribution in [2.45, 2.75) is 21.3 Å². The molecule has 2 rings (SSSR count). The molecule has 2 heterocycles. The lowest BCUT2D eigenvalue weighted by atomic mass is 10.2. The predicted molar refractivity (Wildman–Crippen MR) is 71.9 cm³/mol. The summed E-state index contributed by atoms with van der Waals surface area (Å²) in [6.07, 6.45) is 1.18. The molecule has 0 bridgehead atoms. The van der Waals surface area contributed by atoms with Crippen LogP contribution in [0, 0.1) is 0 Å². The number of nitrogens with zero attached hydrogens (tertiary/aromatic N) is 1. The Balaban J connectivity index is 2.27. The first-order valence-electron chi connectivity index (χ1n) is 5.73. The van der Waals surface area contributed by atoms with Crippen LogP contribution in [-0.2, 0) is 31.9 Å². The Morgan fingerprint density at radius 1 is 1.47 bits per heavy atom. The summed E-state index contributed by atoms with van der Waals surface area (Å²) in [4.78, 5) is 0. The fourth-order valence-corrected chi connectivity index (χ4v) is 6.12. The van der Waals surface area contributed by atoms with E-state index in [1.807, 2.05) is 0 Å². The van der Waals surface area contributed by atoms with Gasteiger partial charge in [-0.25, -0.2) is 16.8 Å². The summed E-state index contributed by atoms with van der Waals surface area (Å²) < 4.78 is 53.1. The first-order valence-corrected chi connectivity index (χ1v) is 9.16. The molecule has 0 saturated heterocycles. The molecule has 0 radical (unpaired) electrons. The lowest BCUT2D eigenvalue weighted by Gasteiger charge is -2.25. The van der Waals surface area contributed by atoms with Gasteiger partial charge < -0.3 is 4.74 Å². The van der Waals surface area contributed by atoms with Crippen LogP contribution in [-0.4, -0.2) is 47.9 Å². The Bertz CT molecular complexity index is 624. The van der Waals surface area contributed by atoms with Crippen molar-refractivity contribution in [1.29, 1.82) is 0 Å². The van der Waals surface area contributed by atoms with Gasteiger partial charge in [0, 0.05) is 26.8 Å². The van der Waals surface area contributed by atoms with E-state index in [0.717, 1.165) is 11.3 Å². The normalized spacial score (nSPS) is 18.6. The van der Waals surface area contributed by atoms with E-state index in [2.05, 4.69) is 0 Å². The van der Waals surface area contributed by atoms with Gasteiger partial charge in [0.25, 0.3) is 10.0 Å². The van der Waals surface area contributed by atoms with Crippen LogP contribution in [0.15, 0.2) is 14.5 Å². The Morgan fingerprint density at radius 3 is 2.84 bits per heavy atom. The summed E-state index contributed by atoms with van der Waals surface area (Å²) in [6, 6.07) is 1.47. The smallest absolute Gasteiger partial charge is 0.252 e. The second-order valence-electron chi connectivity index (χ2n) is 4.15. The molecule has 0 unspecified atom stereocenters. The number of fused-ring (bicyclic) bond motifs is 1. The lowest BCUT2D eigenvalue weighted by molar-refractivity contribution is 0.187. The summed E-state index contributed by atoms with van der Waals surface area (Å²) in [7, 11) is -4.71. The molecule has 0 amide bonds. The highest BCUT2D eigenvalue weighted by Gasteiger charge is 2.33. The second kappa shape index (κ2) is 5.88. The molecule has 0 spiro atoms. The van der Waals surface area contributed by atoms with Crippen LogP contribution >= 0.6 is 11.3 Å². The summed E-state index contributed by atoms with van der Waals surface area (Å²) >= 11 is 0.836. The monoisotopic (exact) mass is 325 g/mol. The molecule has 1 aliphatic rings. The zero-order valence-corrected chi connectivity index (χ0v) is 12.9. The Morgan fingerprint density at radius 2 is 2.21 bits per heavy atom. The zero-order valence-electron chi connectivity index (χ0n) is 10.4. The third-order valence-corrected chi connectivity index (χ3v) is 7.54. The van der Waals surface area contributed by atoms with E-state index in [4.69, 9.17) is 4.74 Å². The van der Waals surface area contributed by atoms with Gasteiger partial charge in [-0.2, -0.15) is 4.31 Å². The summed E-state index contributed by atoms with van der Waals surface area (Å²) in [5.74, 6) is 0. The van der Waals surface area contributed by atoms with Gasteiger partial charge in [0.05, 0.1) is 0 Å². The average molecular weight is 325 g/mol. The SMILES string of the molecule is COCCCN1CCc2cc([SH](=O)=O)sc2S1(=O)=O. The number of ether oxygens (including phenoxy) is 1. The maximum Gasteiger partial charge on any atom is 0.252 e. The van der Waals surface area contributed by atoms with Crippen LogP contribution < -0.4 is 0 Å². The number of hydrogen-bond acceptors (Lipinski definition) is 6. The van der Waals surface area contributed by atoms with Crippen molar-refractivity contribution < 1.29 is 21.6 Å². The van der Waals surface area contributed by atoms with Crippen LogP contribution in [0.25, 0.3) is 0 Å². The minimum atomic E-state index is -3.55. The molecule has 9 heteroatoms. The highest BCUT2D eigenvalue weighted by atomic mass is 32.3. The number of rotatable bonds is 5. The minimum absolute atomic E-state index is 0.113. The quantitative estimate of drug-likeness (QED) is 0.622. The molecular weight excluding hydrogens is 310 g/mol. The van der Waals surface area contributed by atoms with Crippen LogP contribution in [0.2, 0.25) is 0 Å². The van der Waals surface area contributed by atoms with Crippen molar-refractivity contribution in [3.63, 3.8) is 0 Å². The number of thiophene rings is 1. The molecular formula is C10H15NO5S3. The topological polar surface area (TPSA) is 80.8 Å². The van der Waals surface area contributed by atoms with E-state index in [9.17, 15) is 16.8 Å². The summed E-state index contributed by atoms with van der Waals surface area (Å²) in [5, 5.41) is 0. The van der Waals surface area contributed by atoms with Crippen molar-refractivity contribution in [2.24, 2.45) is 0 Å². The van der Waals surface area contributed by atoms with Crippen LogP contribution in [0.1, 0.15) is 12.0 Å². The van der Waals surface area contributed by atoms with E-state index in [1.165, 1.54) is 10.4 Å². The first-order chi connectivity index (χ1) is 8.96. The molecule has 0 aromatic carbocycles. The van der Waals surface area contributed by atoms with Crippen LogP contribution in [0.5, 0.6) is 0 Å². The molecule has 1 aliphatic heterocycles. The molecule has 0 fully saturated rings. The average Bonchev–Trinajstić information content (AvgIpc) is 2.78. The minimum Gasteiger partial charge on any atom is -0.385 e. The van der Waals surface area contributed by atoms with Crippen LogP contribution in [0.4, 0.5) is 0 Å². The predicted octanol–water partition coefficient (Wildman–Crippen LogP) is 0.302. The molecule has 6 nitrogen and oxygen atoms in total. The largest absolute Gasteiger partial charge is 0.385 e. The maximum atomic E-state index is 12.3. The summed E-state index contributed by atoms with van der Waals surface area (Å²) in [5.41, 5.74) is 0.613. The molecule has 1 aromatic heterocycles. The Hall–Kier alpha value is -0.480. The van der Waals surface area contributed by atoms with Gasteiger partial charge in [0.15, 0.2) is 10.7 Å². The van der Waals surface area contributed by atoms with Crippen LogP contribution in [0.3, 0.4) is 0 Å². The van der Waals surface area contributed by atoms with E-state index in [-0.39, 0.29) is 8.42 Å². The van der Waals surface area contributed by atoms with E-state index in [1.54, 1.807) is 7.11 Å². The molecule has 19 heavy (non-hydrogen) atoms. The van der Waals surface area contributed by atoms with Crippen molar-refractivity contribution in [3.05, 3.63) is 11.6 Å². The number of methoxy groups -OCH3 is 1. The Labute approximate surface area is 118 Å². The summed E-state index contributed by atoms with van der Waals surface area (Å²) in [6.45, 7) is 1.29. The number of hydrogen-bond donors (Lipinski definition) is 1. The lowest BCUT2D eigenvalue weighted by Crippen LogP contribution is -2.37. The molecule has 1 aromatic rings. The van der Waals surface area contributed by atoms with Crippen molar-refractivity contribution >= 4 is 32.1 Å². The van der Waals surface area contributed by atoms with Crippen molar-refractivity contribution in [2.75, 3.05) is 26.8 Å². The van der Waals surface area contributed by atoms with Gasteiger partial charge in [0.1, 0.15) is 8.42 Å². The molecule has 108 valence electrons. The third kappa shape index (κ3) is 3.00. The Kier molecular flexibility index (Phi) is 4.62. The maximum absolute atomic E-state index is 12.3. The fourth-order valence-electron chi connectivity index (χ4n) is 1.98. The van der Waals surface area contributed by atoms with Gasteiger partial charge in [0.2, 0.25) is 0 Å². The highest BCUT2D eigenvalue weighted by molar-refractivity contribution is 7.91. The molecule has 0 saturated carbocycles. The highest BCUT2D eigenvalue weighted by Crippen LogP contribution is 2.34. The molecule has 0 atom stereocenters. The zero-order chi connectivity index (χ0) is 14.0. The number of thiol groups is 1. The number of sulfonamides is 1. The first kappa shape index (κ1) is 14.9. The van der Waals surface area contributed by atoms with Gasteiger partial charge in [-0.05, 0) is 24.5 Å². The van der Waals surface area contributed by atoms with Gasteiger partial charge in [-0.1, -0.05) is 0 Å². The molecule has 0 aliphatic carbocycles. The molecule has 0 N–H and O–H groups in total. The van der Waals surface area contributed by atoms with Crippen molar-refractivity contribution in [3.8, 4) is 0 Å². The third-order valence-electron chi connectivity index (χ3n) is 2.90. The van der Waals surface area contributed by atoms with Gasteiger partial charge in [-0.3, -0.25) is 0 Å². The van der Waals surface area contributed by atoms with Crippen molar-refractivity contribution in [1.82, 2.24) is 4.31 Å². The van der Waals surface area contributed by atoms with E-state index < -0.39 is 20.7 Å². The van der Waals surface area contributed by atoms with Gasteiger partial charge >= 0.3 is 0 Å². The van der Waals surface area contributed by atoms with E-state index >= 15 is 0 Å². The van der Waals surface area contributed by atoms with Gasteiger partial charge in [-0.15, -0.1) is 11.3 Å². The fraction of sp³-hybridized carbons (Fsp3) is 0.600. The standard InChI is InChI=1S/C10H15NO5S3/c1-16-6-2-4-11-5-3-8-7-9(18(12)13)17-10(8)19(11,14)15/h7,18H,2-6H2,1H3. The van der Waals surface area contributed by atoms with E-state index in [0.29, 0.717) is 38.1 Å².